The van der Waals surface area contributed by atoms with Gasteiger partial charge in [0.05, 0.1) is 11.2 Å². The zero-order valence-electron chi connectivity index (χ0n) is 30.5. The number of rotatable bonds is 7. The molecule has 56 heavy (non-hydrogen) atoms. The second-order valence-electron chi connectivity index (χ2n) is 14.0. The molecule has 4 heteroatoms. The maximum absolute atomic E-state index is 5.34. The van der Waals surface area contributed by atoms with Crippen LogP contribution in [0.15, 0.2) is 216 Å². The third-order valence-corrected chi connectivity index (χ3v) is 10.5. The lowest BCUT2D eigenvalue weighted by Crippen LogP contribution is -2.33. The highest BCUT2D eigenvalue weighted by molar-refractivity contribution is 6.19. The Morgan fingerprint density at radius 3 is 1.64 bits per heavy atom. The molecule has 0 fully saturated rings. The Kier molecular flexibility index (Phi) is 8.54. The third-order valence-electron chi connectivity index (χ3n) is 10.5. The fourth-order valence-corrected chi connectivity index (χ4v) is 7.75. The minimum atomic E-state index is -0.315. The van der Waals surface area contributed by atoms with Crippen molar-refractivity contribution < 1.29 is 0 Å². The Balaban J connectivity index is 1.10. The van der Waals surface area contributed by atoms with Gasteiger partial charge in [-0.1, -0.05) is 188 Å². The fourth-order valence-electron chi connectivity index (χ4n) is 7.75. The number of nitrogens with one attached hydrogen (secondary N) is 1. The molecule has 1 aliphatic rings. The SMILES string of the molecule is c1ccc(C2=NC(c3ccc(-c4ccccc4)cc3)NC(c3cccc(-c4cc5nc(-c6ccccc6)cc(-c6ccccc6)c5c5ccccc45)c3)=N2)cc1. The van der Waals surface area contributed by atoms with Crippen LogP contribution in [0, 0.1) is 0 Å². The van der Waals surface area contributed by atoms with Crippen LogP contribution in [0.2, 0.25) is 0 Å². The van der Waals surface area contributed by atoms with Gasteiger partial charge in [0.1, 0.15) is 12.0 Å². The second-order valence-corrected chi connectivity index (χ2v) is 14.0. The summed E-state index contributed by atoms with van der Waals surface area (Å²) in [5.74, 6) is 1.47. The monoisotopic (exact) mass is 716 g/mol. The van der Waals surface area contributed by atoms with E-state index in [0.717, 1.165) is 55.8 Å². The molecular formula is C52H36N4. The molecule has 1 N–H and O–H groups in total. The largest absolute Gasteiger partial charge is 0.344 e. The molecule has 9 aromatic rings. The smallest absolute Gasteiger partial charge is 0.159 e. The van der Waals surface area contributed by atoms with Gasteiger partial charge in [0.2, 0.25) is 0 Å². The number of fused-ring (bicyclic) bond motifs is 3. The lowest BCUT2D eigenvalue weighted by Gasteiger charge is -2.24. The zero-order chi connectivity index (χ0) is 37.3. The summed E-state index contributed by atoms with van der Waals surface area (Å²) >= 11 is 0. The summed E-state index contributed by atoms with van der Waals surface area (Å²) < 4.78 is 0. The van der Waals surface area contributed by atoms with Crippen LogP contribution in [-0.2, 0) is 0 Å². The Morgan fingerprint density at radius 2 is 0.946 bits per heavy atom. The highest BCUT2D eigenvalue weighted by atomic mass is 15.2. The molecule has 1 unspecified atom stereocenters. The van der Waals surface area contributed by atoms with Crippen LogP contribution in [0.3, 0.4) is 0 Å². The highest BCUT2D eigenvalue weighted by Crippen LogP contribution is 2.41. The topological polar surface area (TPSA) is 49.6 Å². The Bertz CT molecular complexity index is 2900. The van der Waals surface area contributed by atoms with Crippen molar-refractivity contribution >= 4 is 33.3 Å². The van der Waals surface area contributed by atoms with Crippen LogP contribution in [0.4, 0.5) is 0 Å². The van der Waals surface area contributed by atoms with Gasteiger partial charge in [-0.05, 0) is 67.9 Å². The second kappa shape index (κ2) is 14.4. The van der Waals surface area contributed by atoms with E-state index in [-0.39, 0.29) is 6.17 Å². The summed E-state index contributed by atoms with van der Waals surface area (Å²) in [5.41, 5.74) is 12.9. The van der Waals surface area contributed by atoms with Crippen molar-refractivity contribution in [3.05, 3.63) is 223 Å². The van der Waals surface area contributed by atoms with Gasteiger partial charge in [0, 0.05) is 22.1 Å². The summed E-state index contributed by atoms with van der Waals surface area (Å²) in [6.07, 6.45) is -0.315. The van der Waals surface area contributed by atoms with Crippen molar-refractivity contribution in [1.82, 2.24) is 10.3 Å². The molecule has 1 aromatic heterocycles. The van der Waals surface area contributed by atoms with E-state index in [9.17, 15) is 0 Å². The van der Waals surface area contributed by atoms with Crippen molar-refractivity contribution in [2.75, 3.05) is 0 Å². The van der Waals surface area contributed by atoms with Crippen molar-refractivity contribution in [3.63, 3.8) is 0 Å². The highest BCUT2D eigenvalue weighted by Gasteiger charge is 2.22. The first kappa shape index (κ1) is 33.2. The van der Waals surface area contributed by atoms with Crippen LogP contribution >= 0.6 is 0 Å². The van der Waals surface area contributed by atoms with E-state index in [1.54, 1.807) is 0 Å². The summed E-state index contributed by atoms with van der Waals surface area (Å²) in [6.45, 7) is 0. The molecule has 0 radical (unpaired) electrons. The number of amidine groups is 2. The molecule has 4 nitrogen and oxygen atoms in total. The third kappa shape index (κ3) is 6.33. The van der Waals surface area contributed by atoms with E-state index in [2.05, 4.69) is 181 Å². The van der Waals surface area contributed by atoms with Gasteiger partial charge < -0.3 is 5.32 Å². The lowest BCUT2D eigenvalue weighted by atomic mass is 9.90. The fraction of sp³-hybridized carbons (Fsp3) is 0.0192. The number of hydrogen-bond donors (Lipinski definition) is 1. The molecule has 2 heterocycles. The summed E-state index contributed by atoms with van der Waals surface area (Å²) in [4.78, 5) is 15.6. The first-order chi connectivity index (χ1) is 27.7. The van der Waals surface area contributed by atoms with Gasteiger partial charge in [-0.15, -0.1) is 0 Å². The summed E-state index contributed by atoms with van der Waals surface area (Å²) in [7, 11) is 0. The number of pyridine rings is 1. The number of aromatic nitrogens is 1. The molecular weight excluding hydrogens is 681 g/mol. The average molecular weight is 717 g/mol. The molecule has 0 spiro atoms. The molecule has 1 aliphatic heterocycles. The Hall–Kier alpha value is -7.43. The molecule has 1 atom stereocenters. The van der Waals surface area contributed by atoms with Crippen molar-refractivity contribution in [2.24, 2.45) is 9.98 Å². The van der Waals surface area contributed by atoms with Crippen LogP contribution in [0.25, 0.3) is 66.3 Å². The molecule has 10 rings (SSSR count). The van der Waals surface area contributed by atoms with E-state index >= 15 is 0 Å². The van der Waals surface area contributed by atoms with Crippen molar-refractivity contribution in [2.45, 2.75) is 6.17 Å². The van der Waals surface area contributed by atoms with Crippen LogP contribution in [-0.4, -0.2) is 16.7 Å². The van der Waals surface area contributed by atoms with E-state index in [1.165, 1.54) is 33.0 Å². The molecule has 0 saturated carbocycles. The van der Waals surface area contributed by atoms with E-state index < -0.39 is 0 Å². The van der Waals surface area contributed by atoms with Gasteiger partial charge >= 0.3 is 0 Å². The van der Waals surface area contributed by atoms with Gasteiger partial charge in [0.15, 0.2) is 5.84 Å². The molecule has 0 amide bonds. The number of benzene rings is 8. The lowest BCUT2D eigenvalue weighted by molar-refractivity contribution is 0.674. The maximum Gasteiger partial charge on any atom is 0.159 e. The molecule has 0 aliphatic carbocycles. The Morgan fingerprint density at radius 1 is 0.393 bits per heavy atom. The van der Waals surface area contributed by atoms with Gasteiger partial charge in [-0.25, -0.2) is 15.0 Å². The average Bonchev–Trinajstić information content (AvgIpc) is 3.29. The first-order valence-corrected chi connectivity index (χ1v) is 19.0. The zero-order valence-corrected chi connectivity index (χ0v) is 30.5. The predicted octanol–water partition coefficient (Wildman–Crippen LogP) is 12.6. The van der Waals surface area contributed by atoms with E-state index in [0.29, 0.717) is 5.84 Å². The van der Waals surface area contributed by atoms with E-state index in [4.69, 9.17) is 15.0 Å². The van der Waals surface area contributed by atoms with Crippen LogP contribution < -0.4 is 5.32 Å². The van der Waals surface area contributed by atoms with Crippen LogP contribution in [0.1, 0.15) is 22.9 Å². The molecule has 264 valence electrons. The number of nitrogens with zero attached hydrogens (tertiary/aromatic N) is 3. The summed E-state index contributed by atoms with van der Waals surface area (Å²) in [5, 5.41) is 7.18. The maximum atomic E-state index is 5.34. The first-order valence-electron chi connectivity index (χ1n) is 19.0. The van der Waals surface area contributed by atoms with Crippen molar-refractivity contribution in [1.29, 1.82) is 0 Å². The molecule has 0 saturated heterocycles. The summed E-state index contributed by atoms with van der Waals surface area (Å²) in [6, 6.07) is 72.3. The standard InChI is InChI=1S/C52H36N4/c1-5-16-35(17-6-1)36-28-30-40(31-29-36)51-54-50(39-22-11-4-12-23-39)55-52(56-51)42-25-15-24-41(32-42)45-33-48-49(44-27-14-13-26-43(44)45)46(37-18-7-2-8-19-37)34-47(53-48)38-20-9-3-10-21-38/h1-34,51H,(H,54,55,56). The minimum absolute atomic E-state index is 0.315. The normalized spacial score (nSPS) is 13.9. The minimum Gasteiger partial charge on any atom is -0.344 e. The number of aliphatic imine (C=N–C) groups is 2. The predicted molar refractivity (Wildman–Crippen MR) is 233 cm³/mol. The quantitative estimate of drug-likeness (QED) is 0.167. The molecule has 0 bridgehead atoms. The van der Waals surface area contributed by atoms with Gasteiger partial charge in [-0.2, -0.15) is 0 Å². The van der Waals surface area contributed by atoms with Gasteiger partial charge in [0.25, 0.3) is 0 Å². The van der Waals surface area contributed by atoms with E-state index in [1.807, 2.05) is 30.3 Å². The molecule has 8 aromatic carbocycles. The Labute approximate surface area is 326 Å². The van der Waals surface area contributed by atoms with Crippen molar-refractivity contribution in [3.8, 4) is 44.6 Å². The van der Waals surface area contributed by atoms with Gasteiger partial charge in [-0.3, -0.25) is 0 Å². The number of hydrogen-bond acceptors (Lipinski definition) is 4. The van der Waals surface area contributed by atoms with Crippen LogP contribution in [0.5, 0.6) is 0 Å².